The molecule has 1 saturated heterocycles. The van der Waals surface area contributed by atoms with E-state index < -0.39 is 24.4 Å². The number of allylic oxidation sites excluding steroid dienone is 1. The molecule has 0 aromatic rings. The summed E-state index contributed by atoms with van der Waals surface area (Å²) >= 11 is 0. The third kappa shape index (κ3) is 9.71. The summed E-state index contributed by atoms with van der Waals surface area (Å²) < 4.78 is 10.8. The van der Waals surface area contributed by atoms with Gasteiger partial charge in [0, 0.05) is 0 Å². The van der Waals surface area contributed by atoms with Gasteiger partial charge < -0.3 is 24.8 Å². The molecule has 1 rings (SSSR count). The minimum absolute atomic E-state index is 0.0835. The number of hydrogen-bond donors (Lipinski definition) is 3. The molecule has 0 amide bonds. The van der Waals surface area contributed by atoms with Gasteiger partial charge in [-0.05, 0) is 12.8 Å². The van der Waals surface area contributed by atoms with Crippen molar-refractivity contribution in [3.63, 3.8) is 0 Å². The van der Waals surface area contributed by atoms with E-state index in [0.29, 0.717) is 6.61 Å². The average molecular weight is 359 g/mol. The molecule has 5 heteroatoms. The van der Waals surface area contributed by atoms with E-state index in [0.717, 1.165) is 6.42 Å². The van der Waals surface area contributed by atoms with Crippen molar-refractivity contribution in [1.29, 1.82) is 0 Å². The third-order valence-electron chi connectivity index (χ3n) is 4.78. The second-order valence-electron chi connectivity index (χ2n) is 7.00. The largest absolute Gasteiger partial charge is 0.394 e. The maximum absolute atomic E-state index is 9.78. The Kier molecular flexibility index (Phi) is 13.3. The van der Waals surface area contributed by atoms with Crippen molar-refractivity contribution >= 4 is 0 Å². The Labute approximate surface area is 153 Å². The number of hydrogen-bond acceptors (Lipinski definition) is 5. The molecule has 148 valence electrons. The molecule has 0 radical (unpaired) electrons. The highest BCUT2D eigenvalue weighted by Gasteiger charge is 2.40. The van der Waals surface area contributed by atoms with Gasteiger partial charge in [-0.1, -0.05) is 70.4 Å². The summed E-state index contributed by atoms with van der Waals surface area (Å²) in [6.07, 6.45) is 13.9. The van der Waals surface area contributed by atoms with Crippen LogP contribution in [0.1, 0.15) is 71.1 Å². The molecule has 0 unspecified atom stereocenters. The van der Waals surface area contributed by atoms with Gasteiger partial charge in [0.25, 0.3) is 0 Å². The maximum atomic E-state index is 9.78. The predicted molar refractivity (Wildman–Crippen MR) is 99.6 cm³/mol. The van der Waals surface area contributed by atoms with Crippen LogP contribution >= 0.6 is 0 Å². The second-order valence-corrected chi connectivity index (χ2v) is 7.00. The first kappa shape index (κ1) is 22.6. The van der Waals surface area contributed by atoms with Crippen LogP contribution < -0.4 is 0 Å². The lowest BCUT2D eigenvalue weighted by atomic mass is 10.1. The molecular formula is C20H38O5. The Hall–Kier alpha value is -0.460. The smallest absolute Gasteiger partial charge is 0.114 e. The van der Waals surface area contributed by atoms with Gasteiger partial charge in [-0.2, -0.15) is 0 Å². The van der Waals surface area contributed by atoms with E-state index in [-0.39, 0.29) is 13.2 Å². The molecule has 0 spiro atoms. The van der Waals surface area contributed by atoms with Crippen molar-refractivity contribution in [2.24, 2.45) is 0 Å². The van der Waals surface area contributed by atoms with E-state index in [1.807, 2.05) is 6.08 Å². The fourth-order valence-electron chi connectivity index (χ4n) is 3.14. The highest BCUT2D eigenvalue weighted by Crippen LogP contribution is 2.19. The maximum Gasteiger partial charge on any atom is 0.114 e. The standard InChI is InChI=1S/C20H38O5/c1-2-3-4-5-6-7-8-9-10-11-12-13-14-24-18(15-21)20-19(23)17(22)16-25-20/h12-13,17-23H,2-11,14-16H2,1H3/b13-12+/t17-,18+,19-,20-/m0/s1. The molecule has 3 N–H and O–H groups in total. The van der Waals surface area contributed by atoms with Gasteiger partial charge in [0.1, 0.15) is 24.4 Å². The van der Waals surface area contributed by atoms with Crippen LogP contribution in [-0.2, 0) is 9.47 Å². The van der Waals surface area contributed by atoms with Crippen LogP contribution in [0.25, 0.3) is 0 Å². The van der Waals surface area contributed by atoms with Crippen LogP contribution in [0.15, 0.2) is 12.2 Å². The minimum Gasteiger partial charge on any atom is -0.394 e. The molecule has 0 aliphatic carbocycles. The molecular weight excluding hydrogens is 320 g/mol. The molecule has 0 aromatic carbocycles. The zero-order valence-electron chi connectivity index (χ0n) is 15.8. The van der Waals surface area contributed by atoms with Gasteiger partial charge in [0.15, 0.2) is 0 Å². The first-order chi connectivity index (χ1) is 12.2. The monoisotopic (exact) mass is 358 g/mol. The molecule has 1 aliphatic rings. The van der Waals surface area contributed by atoms with Crippen LogP contribution in [0.5, 0.6) is 0 Å². The van der Waals surface area contributed by atoms with Crippen LogP contribution in [0.4, 0.5) is 0 Å². The first-order valence-electron chi connectivity index (χ1n) is 10.1. The first-order valence-corrected chi connectivity index (χ1v) is 10.1. The summed E-state index contributed by atoms with van der Waals surface area (Å²) in [4.78, 5) is 0. The second kappa shape index (κ2) is 14.7. The molecule has 0 saturated carbocycles. The van der Waals surface area contributed by atoms with E-state index >= 15 is 0 Å². The lowest BCUT2D eigenvalue weighted by Crippen LogP contribution is -2.42. The van der Waals surface area contributed by atoms with Gasteiger partial charge in [0.05, 0.1) is 19.8 Å². The summed E-state index contributed by atoms with van der Waals surface area (Å²) in [5.74, 6) is 0. The molecule has 0 aromatic heterocycles. The number of unbranched alkanes of at least 4 members (excludes halogenated alkanes) is 9. The highest BCUT2D eigenvalue weighted by atomic mass is 16.6. The van der Waals surface area contributed by atoms with Crippen molar-refractivity contribution in [2.45, 2.75) is 95.5 Å². The van der Waals surface area contributed by atoms with E-state index in [2.05, 4.69) is 13.0 Å². The summed E-state index contributed by atoms with van der Waals surface area (Å²) in [5.41, 5.74) is 0. The topological polar surface area (TPSA) is 79.2 Å². The Morgan fingerprint density at radius 2 is 1.64 bits per heavy atom. The normalized spacial score (nSPS) is 25.0. The van der Waals surface area contributed by atoms with Crippen molar-refractivity contribution in [2.75, 3.05) is 19.8 Å². The number of rotatable bonds is 15. The molecule has 4 atom stereocenters. The Morgan fingerprint density at radius 1 is 1.00 bits per heavy atom. The van der Waals surface area contributed by atoms with Crippen LogP contribution in [-0.4, -0.2) is 59.6 Å². The fraction of sp³-hybridized carbons (Fsp3) is 0.900. The summed E-state index contributed by atoms with van der Waals surface area (Å²) in [6.45, 7) is 2.48. The fourth-order valence-corrected chi connectivity index (χ4v) is 3.14. The molecule has 25 heavy (non-hydrogen) atoms. The molecule has 1 heterocycles. The zero-order valence-corrected chi connectivity index (χ0v) is 15.8. The molecule has 0 bridgehead atoms. The highest BCUT2D eigenvalue weighted by molar-refractivity contribution is 4.89. The van der Waals surface area contributed by atoms with Gasteiger partial charge >= 0.3 is 0 Å². The van der Waals surface area contributed by atoms with Crippen molar-refractivity contribution < 1.29 is 24.8 Å². The molecule has 1 fully saturated rings. The molecule has 1 aliphatic heterocycles. The van der Waals surface area contributed by atoms with Crippen molar-refractivity contribution in [1.82, 2.24) is 0 Å². The van der Waals surface area contributed by atoms with E-state index in [4.69, 9.17) is 9.47 Å². The lowest BCUT2D eigenvalue weighted by Gasteiger charge is -2.23. The quantitative estimate of drug-likeness (QED) is 0.310. The van der Waals surface area contributed by atoms with E-state index in [1.165, 1.54) is 57.8 Å². The van der Waals surface area contributed by atoms with Crippen LogP contribution in [0, 0.1) is 0 Å². The predicted octanol–water partition coefficient (Wildman–Crippen LogP) is 2.96. The van der Waals surface area contributed by atoms with Gasteiger partial charge in [0.2, 0.25) is 0 Å². The Bertz CT molecular complexity index is 334. The van der Waals surface area contributed by atoms with Gasteiger partial charge in [-0.15, -0.1) is 0 Å². The number of ether oxygens (including phenoxy) is 2. The van der Waals surface area contributed by atoms with Crippen LogP contribution in [0.2, 0.25) is 0 Å². The summed E-state index contributed by atoms with van der Waals surface area (Å²) in [7, 11) is 0. The third-order valence-corrected chi connectivity index (χ3v) is 4.78. The van der Waals surface area contributed by atoms with Crippen LogP contribution in [0.3, 0.4) is 0 Å². The van der Waals surface area contributed by atoms with Crippen molar-refractivity contribution in [3.8, 4) is 0 Å². The average Bonchev–Trinajstić information content (AvgIpc) is 2.95. The van der Waals surface area contributed by atoms with Crippen molar-refractivity contribution in [3.05, 3.63) is 12.2 Å². The number of aliphatic hydroxyl groups is 3. The van der Waals surface area contributed by atoms with Gasteiger partial charge in [-0.25, -0.2) is 0 Å². The lowest BCUT2D eigenvalue weighted by molar-refractivity contribution is -0.0942. The minimum atomic E-state index is -0.997. The number of aliphatic hydroxyl groups excluding tert-OH is 3. The van der Waals surface area contributed by atoms with Gasteiger partial charge in [-0.3, -0.25) is 0 Å². The van der Waals surface area contributed by atoms with E-state index in [9.17, 15) is 15.3 Å². The Balaban J connectivity index is 1.97. The summed E-state index contributed by atoms with van der Waals surface area (Å²) in [6, 6.07) is 0. The SMILES string of the molecule is CCCCCCCCCCC/C=C/CO[C@H](CO)[C@@H]1OC[C@H](O)[C@@H]1O. The Morgan fingerprint density at radius 3 is 2.20 bits per heavy atom. The zero-order chi connectivity index (χ0) is 18.3. The summed E-state index contributed by atoms with van der Waals surface area (Å²) in [5, 5.41) is 28.6. The molecule has 5 nitrogen and oxygen atoms in total. The van der Waals surface area contributed by atoms with E-state index in [1.54, 1.807) is 0 Å².